The molecule has 1 saturated carbocycles. The summed E-state index contributed by atoms with van der Waals surface area (Å²) in [5, 5.41) is 0. The molecule has 0 N–H and O–H groups in total. The van der Waals surface area contributed by atoms with Gasteiger partial charge in [0.25, 0.3) is 11.8 Å². The number of likely N-dealkylation sites (tertiary alicyclic amines) is 1. The largest absolute Gasteiger partial charge is 0.333 e. The lowest BCUT2D eigenvalue weighted by Gasteiger charge is -2.39. The van der Waals surface area contributed by atoms with Gasteiger partial charge in [0.1, 0.15) is 0 Å². The molecule has 2 fully saturated rings. The lowest BCUT2D eigenvalue weighted by atomic mass is 9.85. The highest BCUT2D eigenvalue weighted by Crippen LogP contribution is 2.52. The van der Waals surface area contributed by atoms with Crippen molar-refractivity contribution in [2.75, 3.05) is 19.6 Å². The van der Waals surface area contributed by atoms with Gasteiger partial charge in [-0.05, 0) is 47.9 Å². The van der Waals surface area contributed by atoms with Crippen LogP contribution in [0.25, 0.3) is 0 Å². The molecule has 2 aliphatic carbocycles. The SMILES string of the molecule is O=C1c2ccccc2C(=O)N1C[C@@H]1c2ccccc2CCN1C(=O)CCN1C(=O)[C@H]2[C@H](C1=O)[C@H]1C=C[C@H]2C1. The van der Waals surface area contributed by atoms with Crippen LogP contribution >= 0.6 is 0 Å². The summed E-state index contributed by atoms with van der Waals surface area (Å²) < 4.78 is 0. The zero-order valence-electron chi connectivity index (χ0n) is 20.8. The van der Waals surface area contributed by atoms with Crippen molar-refractivity contribution in [1.29, 1.82) is 0 Å². The number of carbonyl (C=O) groups is 5. The number of fused-ring (bicyclic) bond motifs is 7. The van der Waals surface area contributed by atoms with E-state index < -0.39 is 6.04 Å². The molecule has 0 unspecified atom stereocenters. The Hall–Kier alpha value is -4.07. The number of hydrogen-bond acceptors (Lipinski definition) is 5. The molecule has 192 valence electrons. The summed E-state index contributed by atoms with van der Waals surface area (Å²) in [5.41, 5.74) is 2.74. The lowest BCUT2D eigenvalue weighted by molar-refractivity contribution is -0.142. The fourth-order valence-electron chi connectivity index (χ4n) is 7.26. The third kappa shape index (κ3) is 3.25. The zero-order chi connectivity index (χ0) is 26.1. The van der Waals surface area contributed by atoms with E-state index >= 15 is 0 Å². The number of allylic oxidation sites excluding steroid dienone is 2. The molecule has 5 amide bonds. The Balaban J connectivity index is 1.11. The average molecular weight is 510 g/mol. The molecule has 1 saturated heterocycles. The van der Waals surface area contributed by atoms with Crippen LogP contribution in [-0.4, -0.2) is 63.9 Å². The summed E-state index contributed by atoms with van der Waals surface area (Å²) in [7, 11) is 0. The van der Waals surface area contributed by atoms with Crippen LogP contribution in [0, 0.1) is 23.7 Å². The van der Waals surface area contributed by atoms with Crippen LogP contribution in [0.4, 0.5) is 0 Å². The first-order valence-corrected chi connectivity index (χ1v) is 13.3. The van der Waals surface area contributed by atoms with Crippen molar-refractivity contribution in [1.82, 2.24) is 14.7 Å². The van der Waals surface area contributed by atoms with Gasteiger partial charge in [-0.3, -0.25) is 33.8 Å². The van der Waals surface area contributed by atoms with Crippen molar-refractivity contribution < 1.29 is 24.0 Å². The van der Waals surface area contributed by atoms with E-state index in [-0.39, 0.29) is 72.7 Å². The predicted molar refractivity (Wildman–Crippen MR) is 135 cm³/mol. The zero-order valence-corrected chi connectivity index (χ0v) is 20.8. The molecule has 2 bridgehead atoms. The molecule has 2 aromatic carbocycles. The average Bonchev–Trinajstić information content (AvgIpc) is 3.67. The minimum absolute atomic E-state index is 0.0144. The second-order valence-corrected chi connectivity index (χ2v) is 10.9. The highest BCUT2D eigenvalue weighted by molar-refractivity contribution is 6.21. The van der Waals surface area contributed by atoms with Crippen molar-refractivity contribution in [2.24, 2.45) is 23.7 Å². The van der Waals surface area contributed by atoms with Gasteiger partial charge in [-0.15, -0.1) is 0 Å². The van der Waals surface area contributed by atoms with Gasteiger partial charge in [-0.1, -0.05) is 48.6 Å². The number of amides is 5. The van der Waals surface area contributed by atoms with E-state index in [4.69, 9.17) is 0 Å². The first-order chi connectivity index (χ1) is 18.4. The molecule has 5 aliphatic rings. The highest BCUT2D eigenvalue weighted by Gasteiger charge is 2.59. The van der Waals surface area contributed by atoms with E-state index in [1.165, 1.54) is 9.80 Å². The molecule has 7 rings (SSSR count). The van der Waals surface area contributed by atoms with E-state index in [9.17, 15) is 24.0 Å². The van der Waals surface area contributed by atoms with Gasteiger partial charge in [-0.25, -0.2) is 0 Å². The molecule has 3 aliphatic heterocycles. The van der Waals surface area contributed by atoms with E-state index in [1.807, 2.05) is 24.3 Å². The summed E-state index contributed by atoms with van der Waals surface area (Å²) in [5.74, 6) is -1.53. The first-order valence-electron chi connectivity index (χ1n) is 13.3. The smallest absolute Gasteiger partial charge is 0.261 e. The fraction of sp³-hybridized carbons (Fsp3) is 0.367. The van der Waals surface area contributed by atoms with Crippen molar-refractivity contribution >= 4 is 29.5 Å². The van der Waals surface area contributed by atoms with Crippen molar-refractivity contribution in [2.45, 2.75) is 25.3 Å². The molecule has 8 heteroatoms. The highest BCUT2D eigenvalue weighted by atomic mass is 16.2. The number of nitrogens with zero attached hydrogens (tertiary/aromatic N) is 3. The summed E-state index contributed by atoms with van der Waals surface area (Å²) in [6.45, 7) is 0.543. The van der Waals surface area contributed by atoms with E-state index in [0.29, 0.717) is 24.1 Å². The number of imide groups is 2. The third-order valence-electron chi connectivity index (χ3n) is 9.08. The van der Waals surface area contributed by atoms with Gasteiger partial charge >= 0.3 is 0 Å². The summed E-state index contributed by atoms with van der Waals surface area (Å²) in [6, 6.07) is 14.0. The van der Waals surface area contributed by atoms with Crippen LogP contribution in [0.3, 0.4) is 0 Å². The molecular weight excluding hydrogens is 482 g/mol. The van der Waals surface area contributed by atoms with Crippen molar-refractivity contribution in [3.8, 4) is 0 Å². The summed E-state index contributed by atoms with van der Waals surface area (Å²) in [6.07, 6.45) is 5.65. The van der Waals surface area contributed by atoms with Crippen molar-refractivity contribution in [3.05, 3.63) is 82.9 Å². The van der Waals surface area contributed by atoms with Crippen LogP contribution in [0.5, 0.6) is 0 Å². The summed E-state index contributed by atoms with van der Waals surface area (Å²) in [4.78, 5) is 70.2. The molecule has 38 heavy (non-hydrogen) atoms. The molecule has 0 aromatic heterocycles. The normalized spacial score (nSPS) is 28.8. The first kappa shape index (κ1) is 23.1. The Labute approximate surface area is 219 Å². The van der Waals surface area contributed by atoms with Crippen LogP contribution in [0.2, 0.25) is 0 Å². The number of rotatable bonds is 5. The molecule has 3 heterocycles. The predicted octanol–water partition coefficient (Wildman–Crippen LogP) is 2.61. The maximum Gasteiger partial charge on any atom is 0.261 e. The molecule has 0 spiro atoms. The van der Waals surface area contributed by atoms with E-state index in [0.717, 1.165) is 17.5 Å². The Morgan fingerprint density at radius 3 is 2.05 bits per heavy atom. The number of benzene rings is 2. The monoisotopic (exact) mass is 509 g/mol. The van der Waals surface area contributed by atoms with Gasteiger partial charge in [-0.2, -0.15) is 0 Å². The molecule has 2 aromatic rings. The molecule has 0 radical (unpaired) electrons. The lowest BCUT2D eigenvalue weighted by Crippen LogP contribution is -2.47. The van der Waals surface area contributed by atoms with Gasteiger partial charge in [0.2, 0.25) is 17.7 Å². The molecule has 5 atom stereocenters. The third-order valence-corrected chi connectivity index (χ3v) is 9.08. The number of hydrogen-bond donors (Lipinski definition) is 0. The molecular formula is C30H27N3O5. The van der Waals surface area contributed by atoms with E-state index in [1.54, 1.807) is 29.2 Å². The van der Waals surface area contributed by atoms with Gasteiger partial charge < -0.3 is 4.90 Å². The molecule has 8 nitrogen and oxygen atoms in total. The Bertz CT molecular complexity index is 1380. The minimum Gasteiger partial charge on any atom is -0.333 e. The van der Waals surface area contributed by atoms with Crippen molar-refractivity contribution in [3.63, 3.8) is 0 Å². The van der Waals surface area contributed by atoms with Crippen LogP contribution in [-0.2, 0) is 20.8 Å². The Morgan fingerprint density at radius 2 is 1.39 bits per heavy atom. The fourth-order valence-corrected chi connectivity index (χ4v) is 7.26. The Morgan fingerprint density at radius 1 is 0.789 bits per heavy atom. The second kappa shape index (κ2) is 8.48. The van der Waals surface area contributed by atoms with Crippen LogP contribution in [0.15, 0.2) is 60.7 Å². The minimum atomic E-state index is -0.501. The van der Waals surface area contributed by atoms with Gasteiger partial charge in [0.15, 0.2) is 0 Å². The van der Waals surface area contributed by atoms with E-state index in [2.05, 4.69) is 12.2 Å². The quantitative estimate of drug-likeness (QED) is 0.456. The summed E-state index contributed by atoms with van der Waals surface area (Å²) >= 11 is 0. The Kier molecular flexibility index (Phi) is 5.15. The standard InChI is InChI=1S/C30H27N3O5/c34-24(12-14-32-29(37)25-18-9-10-19(15-18)26(25)30(32)38)31-13-11-17-5-1-2-6-20(17)23(31)16-33-27(35)21-7-3-4-8-22(21)28(33)36/h1-10,18-19,23,25-26H,11-16H2/t18-,19-,23+,25+,26+/m0/s1. The van der Waals surface area contributed by atoms with Crippen LogP contribution < -0.4 is 0 Å². The number of carbonyl (C=O) groups excluding carboxylic acids is 5. The van der Waals surface area contributed by atoms with Gasteiger partial charge in [0.05, 0.1) is 35.5 Å². The van der Waals surface area contributed by atoms with Crippen LogP contribution in [0.1, 0.15) is 50.7 Å². The topological polar surface area (TPSA) is 95.1 Å². The maximum atomic E-state index is 13.6. The maximum absolute atomic E-state index is 13.6. The second-order valence-electron chi connectivity index (χ2n) is 10.9. The van der Waals surface area contributed by atoms with Gasteiger partial charge in [0, 0.05) is 19.5 Å².